The zero-order chi connectivity index (χ0) is 22.9. The fourth-order valence-corrected chi connectivity index (χ4v) is 4.53. The Morgan fingerprint density at radius 3 is 2.91 bits per heavy atom. The number of hydrogen-bond donors (Lipinski definition) is 1. The summed E-state index contributed by atoms with van der Waals surface area (Å²) in [6, 6.07) is 10.0. The lowest BCUT2D eigenvalue weighted by Crippen LogP contribution is -2.33. The highest BCUT2D eigenvalue weighted by molar-refractivity contribution is 5.92. The molecule has 2 saturated heterocycles. The monoisotopic (exact) mass is 464 g/mol. The Hall–Kier alpha value is -3.21. The van der Waals surface area contributed by atoms with Crippen molar-refractivity contribution in [3.05, 3.63) is 36.5 Å². The number of aromatic nitrogens is 5. The van der Waals surface area contributed by atoms with Gasteiger partial charge in [0.15, 0.2) is 17.7 Å². The van der Waals surface area contributed by atoms with Crippen molar-refractivity contribution in [3.8, 4) is 5.88 Å². The van der Waals surface area contributed by atoms with Crippen LogP contribution in [0.1, 0.15) is 25.5 Å². The molecule has 10 heteroatoms. The molecule has 2 atom stereocenters. The van der Waals surface area contributed by atoms with Crippen LogP contribution in [0.25, 0.3) is 21.9 Å². The maximum absolute atomic E-state index is 5.97. The third kappa shape index (κ3) is 4.08. The van der Waals surface area contributed by atoms with Crippen LogP contribution in [0.15, 0.2) is 36.5 Å². The number of hydrogen-bond acceptors (Lipinski definition) is 8. The molecule has 0 spiro atoms. The van der Waals surface area contributed by atoms with Crippen molar-refractivity contribution < 1.29 is 18.9 Å². The molecule has 2 aliphatic heterocycles. The molecule has 0 saturated carbocycles. The van der Waals surface area contributed by atoms with E-state index in [0.29, 0.717) is 32.3 Å². The summed E-state index contributed by atoms with van der Waals surface area (Å²) in [7, 11) is 1.91. The molecule has 2 aliphatic rings. The zero-order valence-electron chi connectivity index (χ0n) is 19.1. The summed E-state index contributed by atoms with van der Waals surface area (Å²) in [5.74, 6) is 1.34. The molecule has 178 valence electrons. The highest BCUT2D eigenvalue weighted by atomic mass is 16.6. The largest absolute Gasteiger partial charge is 0.473 e. The Labute approximate surface area is 196 Å². The van der Waals surface area contributed by atoms with Gasteiger partial charge in [-0.15, -0.1) is 10.2 Å². The van der Waals surface area contributed by atoms with E-state index in [9.17, 15) is 0 Å². The van der Waals surface area contributed by atoms with Gasteiger partial charge in [-0.1, -0.05) is 0 Å². The third-order valence-electron chi connectivity index (χ3n) is 6.27. The Morgan fingerprint density at radius 2 is 2.06 bits per heavy atom. The smallest absolute Gasteiger partial charge is 0.240 e. The van der Waals surface area contributed by atoms with Gasteiger partial charge in [-0.2, -0.15) is 0 Å². The Morgan fingerprint density at radius 1 is 1.09 bits per heavy atom. The van der Waals surface area contributed by atoms with Crippen LogP contribution in [0.3, 0.4) is 0 Å². The van der Waals surface area contributed by atoms with Crippen LogP contribution in [0.2, 0.25) is 0 Å². The minimum atomic E-state index is -0.0838. The molecule has 1 N–H and O–H groups in total. The number of benzene rings is 1. The van der Waals surface area contributed by atoms with E-state index in [1.807, 2.05) is 46.7 Å². The molecule has 34 heavy (non-hydrogen) atoms. The van der Waals surface area contributed by atoms with Gasteiger partial charge in [0.2, 0.25) is 5.88 Å². The van der Waals surface area contributed by atoms with Crippen molar-refractivity contribution in [3.63, 3.8) is 0 Å². The van der Waals surface area contributed by atoms with Crippen LogP contribution in [0, 0.1) is 0 Å². The van der Waals surface area contributed by atoms with E-state index in [1.165, 1.54) is 0 Å². The summed E-state index contributed by atoms with van der Waals surface area (Å²) in [5.41, 5.74) is 2.69. The SMILES string of the molecule is Cn1nc(OCC2COCCO2)c2ccc(Nc3nn(C4CCCCO4)c4ncccc34)cc21. The molecule has 2 unspecified atom stereocenters. The average molecular weight is 465 g/mol. The van der Waals surface area contributed by atoms with Crippen LogP contribution >= 0.6 is 0 Å². The summed E-state index contributed by atoms with van der Waals surface area (Å²) < 4.78 is 26.8. The first-order valence-electron chi connectivity index (χ1n) is 11.8. The van der Waals surface area contributed by atoms with Crippen molar-refractivity contribution in [1.29, 1.82) is 0 Å². The van der Waals surface area contributed by atoms with Gasteiger partial charge in [-0.25, -0.2) is 9.67 Å². The maximum atomic E-state index is 5.97. The second kappa shape index (κ2) is 9.21. The minimum absolute atomic E-state index is 0.0723. The number of nitrogens with zero attached hydrogens (tertiary/aromatic N) is 5. The van der Waals surface area contributed by atoms with E-state index < -0.39 is 0 Å². The Kier molecular flexibility index (Phi) is 5.78. The molecule has 4 aromatic rings. The van der Waals surface area contributed by atoms with E-state index in [4.69, 9.17) is 24.0 Å². The van der Waals surface area contributed by atoms with Crippen LogP contribution < -0.4 is 10.1 Å². The molecular weight excluding hydrogens is 436 g/mol. The number of pyridine rings is 1. The molecular formula is C24H28N6O4. The van der Waals surface area contributed by atoms with Crippen LogP contribution in [0.4, 0.5) is 11.5 Å². The van der Waals surface area contributed by atoms with E-state index >= 15 is 0 Å². The van der Waals surface area contributed by atoms with E-state index in [0.717, 1.165) is 59.3 Å². The predicted molar refractivity (Wildman–Crippen MR) is 126 cm³/mol. The Balaban J connectivity index is 1.26. The molecule has 0 radical (unpaired) electrons. The van der Waals surface area contributed by atoms with Gasteiger partial charge in [0.25, 0.3) is 0 Å². The standard InChI is InChI=1S/C24H28N6O4/c1-29-20-13-16(7-8-18(20)24(28-29)34-15-17-14-31-11-12-32-17)26-22-19-5-4-9-25-23(19)30(27-22)21-6-2-3-10-33-21/h4-5,7-9,13,17,21H,2-3,6,10-12,14-15H2,1H3,(H,26,27). The number of aryl methyl sites for hydroxylation is 1. The average Bonchev–Trinajstić information content (AvgIpc) is 3.41. The second-order valence-corrected chi connectivity index (χ2v) is 8.65. The van der Waals surface area contributed by atoms with Gasteiger partial charge >= 0.3 is 0 Å². The number of fused-ring (bicyclic) bond motifs is 2. The molecule has 0 bridgehead atoms. The number of rotatable bonds is 6. The fourth-order valence-electron chi connectivity index (χ4n) is 4.53. The summed E-state index contributed by atoms with van der Waals surface area (Å²) in [6.07, 6.45) is 4.79. The van der Waals surface area contributed by atoms with E-state index in [1.54, 1.807) is 6.20 Å². The first kappa shape index (κ1) is 21.3. The van der Waals surface area contributed by atoms with Crippen molar-refractivity contribution in [1.82, 2.24) is 24.5 Å². The molecule has 5 heterocycles. The number of anilines is 2. The predicted octanol–water partition coefficient (Wildman–Crippen LogP) is 3.55. The zero-order valence-corrected chi connectivity index (χ0v) is 19.1. The summed E-state index contributed by atoms with van der Waals surface area (Å²) >= 11 is 0. The molecule has 3 aromatic heterocycles. The molecule has 0 aliphatic carbocycles. The van der Waals surface area contributed by atoms with Crippen molar-refractivity contribution >= 4 is 33.4 Å². The van der Waals surface area contributed by atoms with Gasteiger partial charge < -0.3 is 24.3 Å². The lowest BCUT2D eigenvalue weighted by atomic mass is 10.2. The van der Waals surface area contributed by atoms with Crippen LogP contribution in [-0.4, -0.2) is 63.7 Å². The van der Waals surface area contributed by atoms with Crippen molar-refractivity contribution in [2.24, 2.45) is 7.05 Å². The van der Waals surface area contributed by atoms with E-state index in [2.05, 4.69) is 15.4 Å². The van der Waals surface area contributed by atoms with Crippen molar-refractivity contribution in [2.45, 2.75) is 31.6 Å². The third-order valence-corrected chi connectivity index (χ3v) is 6.27. The topological polar surface area (TPSA) is 97.5 Å². The quantitative estimate of drug-likeness (QED) is 0.463. The summed E-state index contributed by atoms with van der Waals surface area (Å²) in [5, 5.41) is 14.8. The highest BCUT2D eigenvalue weighted by Gasteiger charge is 2.22. The maximum Gasteiger partial charge on any atom is 0.240 e. The lowest BCUT2D eigenvalue weighted by molar-refractivity contribution is -0.101. The summed E-state index contributed by atoms with van der Waals surface area (Å²) in [6.45, 7) is 2.93. The van der Waals surface area contributed by atoms with Gasteiger partial charge in [0.1, 0.15) is 12.7 Å². The van der Waals surface area contributed by atoms with Crippen LogP contribution in [0.5, 0.6) is 5.88 Å². The molecule has 6 rings (SSSR count). The normalized spacial score (nSPS) is 21.2. The number of ether oxygens (including phenoxy) is 4. The first-order chi connectivity index (χ1) is 16.8. The molecule has 1 aromatic carbocycles. The van der Waals surface area contributed by atoms with Gasteiger partial charge in [-0.05, 0) is 49.6 Å². The van der Waals surface area contributed by atoms with Crippen LogP contribution in [-0.2, 0) is 21.3 Å². The highest BCUT2D eigenvalue weighted by Crippen LogP contribution is 2.32. The van der Waals surface area contributed by atoms with E-state index in [-0.39, 0.29) is 12.3 Å². The van der Waals surface area contributed by atoms with Crippen molar-refractivity contribution in [2.75, 3.05) is 38.4 Å². The minimum Gasteiger partial charge on any atom is -0.473 e. The lowest BCUT2D eigenvalue weighted by Gasteiger charge is -2.22. The fraction of sp³-hybridized carbons (Fsp3) is 0.458. The first-order valence-corrected chi connectivity index (χ1v) is 11.8. The summed E-state index contributed by atoms with van der Waals surface area (Å²) in [4.78, 5) is 4.58. The second-order valence-electron chi connectivity index (χ2n) is 8.65. The van der Waals surface area contributed by atoms with Gasteiger partial charge in [0, 0.05) is 25.5 Å². The molecule has 10 nitrogen and oxygen atoms in total. The number of nitrogens with one attached hydrogen (secondary N) is 1. The molecule has 0 amide bonds. The van der Waals surface area contributed by atoms with Gasteiger partial charge in [0.05, 0.1) is 36.1 Å². The Bertz CT molecular complexity index is 1290. The molecule has 2 fully saturated rings. The van der Waals surface area contributed by atoms with Gasteiger partial charge in [-0.3, -0.25) is 4.68 Å².